The number of nitrogens with zero attached hydrogens (tertiary/aromatic N) is 10. The molecule has 3 amide bonds. The maximum atomic E-state index is 12.7. The van der Waals surface area contributed by atoms with Crippen molar-refractivity contribution in [3.63, 3.8) is 0 Å². The number of amides is 3. The van der Waals surface area contributed by atoms with Gasteiger partial charge in [-0.15, -0.1) is 12.4 Å². The Balaban J connectivity index is 0.000000202. The average molecular weight is 1070 g/mol. The van der Waals surface area contributed by atoms with Gasteiger partial charge in [-0.05, 0) is 149 Å². The fourth-order valence-corrected chi connectivity index (χ4v) is 9.12. The highest BCUT2D eigenvalue weighted by Gasteiger charge is 2.29. The number of hydrogen-bond donors (Lipinski definition) is 6. The summed E-state index contributed by atoms with van der Waals surface area (Å²) < 4.78 is 3.90. The lowest BCUT2D eigenvalue weighted by molar-refractivity contribution is -0.117. The standard InChI is InChI=1S/C27H28N8O2.C24H26N8O.C3H3ClO.ClH/c1-3-22(36)32-19-8-10-20(11-9-19)35-26-23(25(28)30-15-31-26)24(34-35)17-4-6-18(7-5-17)27(37)33-21-14-16(2)12-13-29-21;1-14-10-11-27-19(12-14)30-24(33)16-4-2-15(3-5-16)21-20-22(26)28-13-29-23(20)32(31-21)18-8-6-17(25)7-9-18;1-2-3(4)5;/h3-7,12-15,19-20H,1,8-11H2,2H3,(H,32,36)(H2,28,30,31)(H,29,33,37);2-5,10-13,17-18H,6-9,25H2,1H3,(H2,26,28,29)(H,27,30,33);2H,1H2;1H. The second-order valence-electron chi connectivity index (χ2n) is 18.3. The van der Waals surface area contributed by atoms with E-state index < -0.39 is 5.24 Å². The number of anilines is 4. The van der Waals surface area contributed by atoms with Crippen molar-refractivity contribution < 1.29 is 19.2 Å². The van der Waals surface area contributed by atoms with Crippen LogP contribution in [-0.2, 0) is 9.59 Å². The molecule has 2 aromatic carbocycles. The summed E-state index contributed by atoms with van der Waals surface area (Å²) in [4.78, 5) is 72.2. The van der Waals surface area contributed by atoms with Crippen molar-refractivity contribution in [1.82, 2.24) is 54.8 Å². The second kappa shape index (κ2) is 25.2. The molecule has 2 aliphatic rings. The van der Waals surface area contributed by atoms with Crippen LogP contribution in [0.15, 0.2) is 123 Å². The number of carbonyl (C=O) groups excluding carboxylic acids is 4. The monoisotopic (exact) mass is 1060 g/mol. The fourth-order valence-electron chi connectivity index (χ4n) is 9.12. The number of nitrogens with one attached hydrogen (secondary N) is 3. The number of fused-ring (bicyclic) bond motifs is 2. The van der Waals surface area contributed by atoms with E-state index in [-0.39, 0.29) is 54.3 Å². The maximum Gasteiger partial charge on any atom is 0.256 e. The number of aromatic nitrogens is 10. The molecule has 10 rings (SSSR count). The Morgan fingerprint density at radius 2 is 1.01 bits per heavy atom. The molecule has 22 heteroatoms. The molecule has 2 saturated carbocycles. The second-order valence-corrected chi connectivity index (χ2v) is 18.7. The largest absolute Gasteiger partial charge is 0.383 e. The lowest BCUT2D eigenvalue weighted by Crippen LogP contribution is -2.37. The van der Waals surface area contributed by atoms with Gasteiger partial charge >= 0.3 is 0 Å². The Kier molecular flexibility index (Phi) is 18.3. The first-order valence-corrected chi connectivity index (χ1v) is 24.7. The van der Waals surface area contributed by atoms with E-state index in [0.29, 0.717) is 56.8 Å². The molecule has 0 radical (unpaired) electrons. The number of allylic oxidation sites excluding steroid dienone is 1. The van der Waals surface area contributed by atoms with Crippen LogP contribution in [0.5, 0.6) is 0 Å². The number of nitrogens with two attached hydrogens (primary N) is 3. The number of pyridine rings is 2. The van der Waals surface area contributed by atoms with Crippen LogP contribution in [0, 0.1) is 13.8 Å². The third kappa shape index (κ3) is 13.3. The number of aryl methyl sites for hydroxylation is 2. The van der Waals surface area contributed by atoms with E-state index in [0.717, 1.165) is 90.7 Å². The number of carbonyl (C=O) groups is 4. The van der Waals surface area contributed by atoms with Gasteiger partial charge in [0, 0.05) is 46.7 Å². The van der Waals surface area contributed by atoms with E-state index in [1.54, 1.807) is 36.7 Å². The molecule has 0 atom stereocenters. The lowest BCUT2D eigenvalue weighted by atomic mass is 9.91. The normalized spacial score (nSPS) is 16.8. The molecular formula is C54H58Cl2N16O4. The average Bonchev–Trinajstić information content (AvgIpc) is 4.02. The lowest BCUT2D eigenvalue weighted by Gasteiger charge is -2.29. The molecule has 0 bridgehead atoms. The Morgan fingerprint density at radius 1 is 0.605 bits per heavy atom. The summed E-state index contributed by atoms with van der Waals surface area (Å²) in [6, 6.07) is 22.6. The first kappa shape index (κ1) is 55.3. The summed E-state index contributed by atoms with van der Waals surface area (Å²) in [5, 5.41) is 19.4. The number of nitrogen functional groups attached to an aromatic ring is 2. The van der Waals surface area contributed by atoms with Crippen LogP contribution in [0.3, 0.4) is 0 Å². The van der Waals surface area contributed by atoms with Crippen molar-refractivity contribution >= 4 is 92.3 Å². The Morgan fingerprint density at radius 3 is 1.39 bits per heavy atom. The SMILES string of the molecule is C=CC(=O)Cl.C=CC(=O)NC1CCC(n2nc(-c3ccc(C(=O)Nc4cc(C)ccn4)cc3)c3c(N)ncnc32)CC1.Cc1ccnc(NC(=O)c2ccc(-c3nn(C4CCC(N)CC4)c4ncnc(N)c34)cc2)c1.Cl. The zero-order valence-electron chi connectivity index (χ0n) is 41.9. The molecule has 2 fully saturated rings. The number of benzene rings is 2. The molecule has 76 heavy (non-hydrogen) atoms. The molecule has 0 spiro atoms. The van der Waals surface area contributed by atoms with Crippen molar-refractivity contribution in [2.75, 3.05) is 22.1 Å². The van der Waals surface area contributed by atoms with Crippen LogP contribution >= 0.6 is 24.0 Å². The van der Waals surface area contributed by atoms with Crippen LogP contribution < -0.4 is 33.2 Å². The van der Waals surface area contributed by atoms with Gasteiger partial charge in [0.05, 0.1) is 22.9 Å². The van der Waals surface area contributed by atoms with E-state index in [2.05, 4.69) is 59.0 Å². The smallest absolute Gasteiger partial charge is 0.256 e. The number of rotatable bonds is 11. The highest BCUT2D eigenvalue weighted by molar-refractivity contribution is 6.66. The van der Waals surface area contributed by atoms with E-state index in [1.165, 1.54) is 18.7 Å². The minimum Gasteiger partial charge on any atom is -0.383 e. The minimum absolute atomic E-state index is 0. The highest BCUT2D eigenvalue weighted by Crippen LogP contribution is 2.38. The van der Waals surface area contributed by atoms with E-state index >= 15 is 0 Å². The molecule has 0 unspecified atom stereocenters. The summed E-state index contributed by atoms with van der Waals surface area (Å²) in [5.41, 5.74) is 26.1. The zero-order chi connectivity index (χ0) is 53.2. The van der Waals surface area contributed by atoms with Gasteiger partial charge < -0.3 is 33.2 Å². The van der Waals surface area contributed by atoms with Crippen LogP contribution in [0.25, 0.3) is 44.6 Å². The van der Waals surface area contributed by atoms with E-state index in [1.807, 2.05) is 71.7 Å². The third-order valence-electron chi connectivity index (χ3n) is 13.0. The Bertz CT molecular complexity index is 3380. The molecular weight excluding hydrogens is 1010 g/mol. The predicted octanol–water partition coefficient (Wildman–Crippen LogP) is 8.65. The maximum absolute atomic E-state index is 12.7. The molecule has 0 saturated heterocycles. The van der Waals surface area contributed by atoms with E-state index in [4.69, 9.17) is 39.0 Å². The molecule has 8 aromatic rings. The van der Waals surface area contributed by atoms with Gasteiger partial charge in [0.25, 0.3) is 11.8 Å². The quantitative estimate of drug-likeness (QED) is 0.0522. The molecule has 0 aliphatic heterocycles. The van der Waals surface area contributed by atoms with Gasteiger partial charge in [-0.2, -0.15) is 10.2 Å². The van der Waals surface area contributed by atoms with Crippen molar-refractivity contribution in [3.05, 3.63) is 145 Å². The summed E-state index contributed by atoms with van der Waals surface area (Å²) in [5.74, 6) is 1.14. The molecule has 9 N–H and O–H groups in total. The number of halogens is 2. The predicted molar refractivity (Wildman–Crippen MR) is 298 cm³/mol. The van der Waals surface area contributed by atoms with Crippen LogP contribution in [0.4, 0.5) is 23.3 Å². The first-order chi connectivity index (χ1) is 36.2. The van der Waals surface area contributed by atoms with Gasteiger partial charge in [0.1, 0.15) is 47.3 Å². The Hall–Kier alpha value is -8.46. The van der Waals surface area contributed by atoms with Crippen LogP contribution in [-0.4, -0.2) is 84.5 Å². The third-order valence-corrected chi connectivity index (χ3v) is 13.2. The van der Waals surface area contributed by atoms with Crippen molar-refractivity contribution in [2.45, 2.75) is 89.4 Å². The van der Waals surface area contributed by atoms with Gasteiger partial charge in [0.15, 0.2) is 11.3 Å². The zero-order valence-corrected chi connectivity index (χ0v) is 43.5. The minimum atomic E-state index is -0.509. The summed E-state index contributed by atoms with van der Waals surface area (Å²) in [6.45, 7) is 10.5. The van der Waals surface area contributed by atoms with Crippen molar-refractivity contribution in [2.24, 2.45) is 5.73 Å². The Labute approximate surface area is 449 Å². The summed E-state index contributed by atoms with van der Waals surface area (Å²) >= 11 is 4.71. The molecule has 2 aliphatic carbocycles. The molecule has 392 valence electrons. The fraction of sp³-hybridized carbons (Fsp3) is 0.259. The number of hydrogen-bond acceptors (Lipinski definition) is 15. The topological polar surface area (TPSA) is 295 Å². The van der Waals surface area contributed by atoms with Gasteiger partial charge in [-0.3, -0.25) is 19.2 Å². The van der Waals surface area contributed by atoms with Gasteiger partial charge in [-0.25, -0.2) is 39.3 Å². The summed E-state index contributed by atoms with van der Waals surface area (Å²) in [6.07, 6.45) is 15.8. The molecule has 6 aromatic heterocycles. The van der Waals surface area contributed by atoms with Gasteiger partial charge in [0.2, 0.25) is 11.1 Å². The first-order valence-electron chi connectivity index (χ1n) is 24.4. The van der Waals surface area contributed by atoms with Crippen LogP contribution in [0.2, 0.25) is 0 Å². The van der Waals surface area contributed by atoms with Crippen molar-refractivity contribution in [3.8, 4) is 22.5 Å². The summed E-state index contributed by atoms with van der Waals surface area (Å²) in [7, 11) is 0. The van der Waals surface area contributed by atoms with Crippen LogP contribution in [0.1, 0.15) is 95.3 Å². The molecule has 6 heterocycles. The highest BCUT2D eigenvalue weighted by atomic mass is 35.5. The van der Waals surface area contributed by atoms with E-state index in [9.17, 15) is 19.2 Å². The van der Waals surface area contributed by atoms with Crippen molar-refractivity contribution in [1.29, 1.82) is 0 Å². The molecule has 20 nitrogen and oxygen atoms in total. The van der Waals surface area contributed by atoms with Gasteiger partial charge in [-0.1, -0.05) is 37.4 Å².